The monoisotopic (exact) mass is 316 g/mol. The van der Waals surface area contributed by atoms with Crippen molar-refractivity contribution >= 4 is 28.9 Å². The van der Waals surface area contributed by atoms with Crippen molar-refractivity contribution in [1.82, 2.24) is 4.98 Å². The number of likely N-dealkylation sites (N-methyl/N-ethyl adjacent to an activating group) is 1. The van der Waals surface area contributed by atoms with Crippen LogP contribution in [-0.2, 0) is 0 Å². The number of aliphatic hydroxyl groups excluding tert-OH is 1. The molecule has 0 aromatic carbocycles. The van der Waals surface area contributed by atoms with Gasteiger partial charge in [-0.25, -0.2) is 4.98 Å². The van der Waals surface area contributed by atoms with Gasteiger partial charge in [-0.2, -0.15) is 13.2 Å². The molecule has 1 N–H and O–H groups in total. The second-order valence-corrected chi connectivity index (χ2v) is 4.70. The molecule has 3 nitrogen and oxygen atoms in total. The molecule has 1 atom stereocenters. The van der Waals surface area contributed by atoms with Crippen LogP contribution in [0.5, 0.6) is 0 Å². The van der Waals surface area contributed by atoms with Crippen molar-refractivity contribution in [1.29, 1.82) is 0 Å². The van der Waals surface area contributed by atoms with E-state index in [4.69, 9.17) is 23.2 Å². The van der Waals surface area contributed by atoms with Crippen LogP contribution in [0.2, 0.25) is 10.3 Å². The highest BCUT2D eigenvalue weighted by Crippen LogP contribution is 2.27. The Morgan fingerprint density at radius 3 is 2.47 bits per heavy atom. The van der Waals surface area contributed by atoms with E-state index in [-0.39, 0.29) is 16.9 Å². The highest BCUT2D eigenvalue weighted by molar-refractivity contribution is 6.34. The van der Waals surface area contributed by atoms with E-state index in [9.17, 15) is 18.3 Å². The minimum atomic E-state index is -4.40. The predicted octanol–water partition coefficient (Wildman–Crippen LogP) is 3.53. The van der Waals surface area contributed by atoms with Gasteiger partial charge in [0.25, 0.3) is 0 Å². The molecule has 1 unspecified atom stereocenters. The summed E-state index contributed by atoms with van der Waals surface area (Å²) in [7, 11) is 0. The number of rotatable bonds is 5. The lowest BCUT2D eigenvalue weighted by molar-refractivity contribution is -0.152. The van der Waals surface area contributed by atoms with Crippen LogP contribution in [0.3, 0.4) is 0 Å². The molecule has 108 valence electrons. The molecule has 0 fully saturated rings. The van der Waals surface area contributed by atoms with E-state index in [0.29, 0.717) is 12.2 Å². The van der Waals surface area contributed by atoms with Gasteiger partial charge in [-0.3, -0.25) is 0 Å². The summed E-state index contributed by atoms with van der Waals surface area (Å²) in [5.41, 5.74) is 0.440. The van der Waals surface area contributed by atoms with E-state index in [1.807, 2.05) is 0 Å². The van der Waals surface area contributed by atoms with Crippen molar-refractivity contribution in [3.05, 3.63) is 22.4 Å². The van der Waals surface area contributed by atoms with E-state index in [1.54, 1.807) is 13.0 Å². The number of anilines is 1. The van der Waals surface area contributed by atoms with Gasteiger partial charge in [-0.15, -0.1) is 0 Å². The number of hydrogen-bond acceptors (Lipinski definition) is 3. The van der Waals surface area contributed by atoms with Crippen molar-refractivity contribution in [2.45, 2.75) is 25.6 Å². The summed E-state index contributed by atoms with van der Waals surface area (Å²) in [5.74, 6) is 0. The molecule has 0 aliphatic rings. The normalized spacial score (nSPS) is 13.4. The third-order valence-corrected chi connectivity index (χ3v) is 2.90. The van der Waals surface area contributed by atoms with Gasteiger partial charge in [-0.05, 0) is 19.1 Å². The van der Waals surface area contributed by atoms with E-state index < -0.39 is 18.7 Å². The van der Waals surface area contributed by atoms with E-state index in [0.717, 1.165) is 0 Å². The molecule has 0 saturated carbocycles. The first-order chi connectivity index (χ1) is 8.73. The lowest BCUT2D eigenvalue weighted by Gasteiger charge is -2.26. The van der Waals surface area contributed by atoms with Gasteiger partial charge in [0.05, 0.1) is 18.2 Å². The lowest BCUT2D eigenvalue weighted by Crippen LogP contribution is -2.35. The van der Waals surface area contributed by atoms with Gasteiger partial charge in [-0.1, -0.05) is 23.2 Å². The van der Waals surface area contributed by atoms with Crippen molar-refractivity contribution in [2.75, 3.05) is 18.0 Å². The summed E-state index contributed by atoms with van der Waals surface area (Å²) >= 11 is 11.5. The number of alkyl halides is 3. The molecule has 0 amide bonds. The van der Waals surface area contributed by atoms with Gasteiger partial charge in [0.2, 0.25) is 0 Å². The van der Waals surface area contributed by atoms with Crippen LogP contribution in [0.4, 0.5) is 18.9 Å². The molecule has 0 radical (unpaired) electrons. The average molecular weight is 317 g/mol. The lowest BCUT2D eigenvalue weighted by atomic mass is 10.2. The predicted molar refractivity (Wildman–Crippen MR) is 68.8 cm³/mol. The molecule has 1 aromatic heterocycles. The summed E-state index contributed by atoms with van der Waals surface area (Å²) in [6.07, 6.45) is -7.19. The summed E-state index contributed by atoms with van der Waals surface area (Å²) in [5, 5.41) is 9.73. The van der Waals surface area contributed by atoms with Crippen LogP contribution in [0.1, 0.15) is 13.3 Å². The number of aliphatic hydroxyl groups is 1. The number of halogens is 5. The quantitative estimate of drug-likeness (QED) is 0.844. The SMILES string of the molecule is CCN(CC(O)CC(F)(F)F)c1ccc(Cl)nc1Cl. The van der Waals surface area contributed by atoms with Crippen LogP contribution in [0, 0.1) is 0 Å². The summed E-state index contributed by atoms with van der Waals surface area (Å²) in [6.45, 7) is 1.95. The molecule has 1 rings (SSSR count). The standard InChI is InChI=1S/C11H13Cl2F3N2O/c1-2-18(6-7(19)5-11(14,15)16)8-3-4-9(12)17-10(8)13/h3-4,7,19H,2,5-6H2,1H3. The van der Waals surface area contributed by atoms with Crippen molar-refractivity contribution in [3.8, 4) is 0 Å². The Labute approximate surface area is 118 Å². The van der Waals surface area contributed by atoms with Gasteiger partial charge >= 0.3 is 6.18 Å². The fourth-order valence-corrected chi connectivity index (χ4v) is 2.09. The molecular formula is C11H13Cl2F3N2O. The summed E-state index contributed by atoms with van der Waals surface area (Å²) in [6, 6.07) is 3.04. The number of aromatic nitrogens is 1. The molecule has 0 aliphatic carbocycles. The fraction of sp³-hybridized carbons (Fsp3) is 0.545. The molecule has 0 spiro atoms. The largest absolute Gasteiger partial charge is 0.391 e. The summed E-state index contributed by atoms with van der Waals surface area (Å²) < 4.78 is 36.5. The fourth-order valence-electron chi connectivity index (χ4n) is 1.62. The highest BCUT2D eigenvalue weighted by atomic mass is 35.5. The van der Waals surface area contributed by atoms with Crippen LogP contribution in [0.15, 0.2) is 12.1 Å². The molecule has 19 heavy (non-hydrogen) atoms. The smallest absolute Gasteiger partial charge is 0.391 e. The Morgan fingerprint density at radius 2 is 2.00 bits per heavy atom. The Bertz CT molecular complexity index is 429. The second-order valence-electron chi connectivity index (χ2n) is 3.96. The van der Waals surface area contributed by atoms with Crippen LogP contribution >= 0.6 is 23.2 Å². The highest BCUT2D eigenvalue weighted by Gasteiger charge is 2.31. The number of nitrogens with zero attached hydrogens (tertiary/aromatic N) is 2. The average Bonchev–Trinajstić information content (AvgIpc) is 2.24. The first-order valence-corrected chi connectivity index (χ1v) is 6.30. The van der Waals surface area contributed by atoms with Gasteiger partial charge in [0.1, 0.15) is 5.15 Å². The third kappa shape index (κ3) is 5.42. The third-order valence-electron chi connectivity index (χ3n) is 2.42. The Balaban J connectivity index is 2.78. The molecule has 1 aromatic rings. The molecule has 0 aliphatic heterocycles. The zero-order valence-corrected chi connectivity index (χ0v) is 11.6. The second kappa shape index (κ2) is 6.63. The van der Waals surface area contributed by atoms with Gasteiger partial charge in [0.15, 0.2) is 5.15 Å². The molecule has 0 saturated heterocycles. The van der Waals surface area contributed by atoms with E-state index in [2.05, 4.69) is 4.98 Å². The van der Waals surface area contributed by atoms with Crippen LogP contribution < -0.4 is 4.90 Å². The number of pyridine rings is 1. The number of hydrogen-bond donors (Lipinski definition) is 1. The maximum atomic E-state index is 12.2. The first-order valence-electron chi connectivity index (χ1n) is 5.54. The maximum absolute atomic E-state index is 12.2. The Hall–Kier alpha value is -0.720. The van der Waals surface area contributed by atoms with Gasteiger partial charge in [0, 0.05) is 13.1 Å². The summed E-state index contributed by atoms with van der Waals surface area (Å²) in [4.78, 5) is 5.33. The van der Waals surface area contributed by atoms with Crippen molar-refractivity contribution in [2.24, 2.45) is 0 Å². The molecular weight excluding hydrogens is 304 g/mol. The first kappa shape index (κ1) is 16.3. The Morgan fingerprint density at radius 1 is 1.37 bits per heavy atom. The molecule has 8 heteroatoms. The molecule has 1 heterocycles. The van der Waals surface area contributed by atoms with Crippen molar-refractivity contribution < 1.29 is 18.3 Å². The van der Waals surface area contributed by atoms with Gasteiger partial charge < -0.3 is 10.0 Å². The minimum Gasteiger partial charge on any atom is -0.391 e. The zero-order valence-electron chi connectivity index (χ0n) is 10.1. The van der Waals surface area contributed by atoms with Crippen molar-refractivity contribution in [3.63, 3.8) is 0 Å². The van der Waals surface area contributed by atoms with E-state index >= 15 is 0 Å². The Kier molecular flexibility index (Phi) is 5.70. The minimum absolute atomic E-state index is 0.0913. The maximum Gasteiger partial charge on any atom is 0.391 e. The van der Waals surface area contributed by atoms with Crippen LogP contribution in [0.25, 0.3) is 0 Å². The topological polar surface area (TPSA) is 36.4 Å². The van der Waals surface area contributed by atoms with Crippen LogP contribution in [-0.4, -0.2) is 35.5 Å². The molecule has 0 bridgehead atoms. The zero-order chi connectivity index (χ0) is 14.6. The van der Waals surface area contributed by atoms with E-state index in [1.165, 1.54) is 11.0 Å².